The number of benzene rings is 1. The van der Waals surface area contributed by atoms with Crippen molar-refractivity contribution in [2.45, 2.75) is 13.8 Å². The summed E-state index contributed by atoms with van der Waals surface area (Å²) < 4.78 is 5.28. The lowest BCUT2D eigenvalue weighted by atomic mass is 10.1. The van der Waals surface area contributed by atoms with Gasteiger partial charge in [0.1, 0.15) is 6.07 Å². The van der Waals surface area contributed by atoms with E-state index in [-0.39, 0.29) is 0 Å². The van der Waals surface area contributed by atoms with Gasteiger partial charge in [-0.2, -0.15) is 5.26 Å². The van der Waals surface area contributed by atoms with Crippen molar-refractivity contribution in [1.29, 1.82) is 5.26 Å². The second-order valence-corrected chi connectivity index (χ2v) is 4.10. The van der Waals surface area contributed by atoms with Crippen molar-refractivity contribution in [2.24, 2.45) is 0 Å². The van der Waals surface area contributed by atoms with Crippen molar-refractivity contribution < 1.29 is 4.74 Å². The fraction of sp³-hybridized carbons (Fsp3) is 0.200. The van der Waals surface area contributed by atoms with Gasteiger partial charge in [0.2, 0.25) is 5.88 Å². The minimum Gasteiger partial charge on any atom is -0.478 e. The third-order valence-electron chi connectivity index (χ3n) is 2.60. The molecule has 0 radical (unpaired) electrons. The Morgan fingerprint density at radius 2 is 2.16 bits per heavy atom. The molecule has 0 aliphatic heterocycles. The molecule has 0 fully saturated rings. The van der Waals surface area contributed by atoms with Gasteiger partial charge in [-0.3, -0.25) is 0 Å². The summed E-state index contributed by atoms with van der Waals surface area (Å²) in [7, 11) is 0. The molecular weight excluding hydrogens is 238 g/mol. The third-order valence-corrected chi connectivity index (χ3v) is 2.60. The van der Waals surface area contributed by atoms with E-state index in [1.807, 2.05) is 38.1 Å². The monoisotopic (exact) mass is 253 g/mol. The molecule has 1 heterocycles. The van der Waals surface area contributed by atoms with Crippen molar-refractivity contribution in [1.82, 2.24) is 4.98 Å². The predicted octanol–water partition coefficient (Wildman–Crippen LogP) is 3.40. The number of nitriles is 1. The first-order valence-electron chi connectivity index (χ1n) is 6.09. The number of aromatic nitrogens is 1. The Bertz CT molecular complexity index is 600. The first-order chi connectivity index (χ1) is 9.22. The van der Waals surface area contributed by atoms with E-state index in [4.69, 9.17) is 10.00 Å². The molecule has 4 nitrogen and oxygen atoms in total. The maximum atomic E-state index is 9.11. The van der Waals surface area contributed by atoms with E-state index in [2.05, 4.69) is 16.4 Å². The molecule has 0 aliphatic rings. The highest BCUT2D eigenvalue weighted by atomic mass is 16.5. The Morgan fingerprint density at radius 1 is 1.32 bits per heavy atom. The number of aryl methyl sites for hydroxylation is 1. The SMILES string of the molecule is CCOc1ccc(Nc2ccc(C)cc2C#N)cn1. The molecule has 19 heavy (non-hydrogen) atoms. The lowest BCUT2D eigenvalue weighted by Crippen LogP contribution is -1.97. The molecule has 0 atom stereocenters. The van der Waals surface area contributed by atoms with E-state index >= 15 is 0 Å². The second-order valence-electron chi connectivity index (χ2n) is 4.10. The van der Waals surface area contributed by atoms with Crippen LogP contribution >= 0.6 is 0 Å². The normalized spacial score (nSPS) is 9.74. The summed E-state index contributed by atoms with van der Waals surface area (Å²) in [5, 5.41) is 12.3. The van der Waals surface area contributed by atoms with E-state index < -0.39 is 0 Å². The van der Waals surface area contributed by atoms with Gasteiger partial charge in [-0.1, -0.05) is 6.07 Å². The van der Waals surface area contributed by atoms with Crippen LogP contribution in [-0.2, 0) is 0 Å². The second kappa shape index (κ2) is 5.87. The van der Waals surface area contributed by atoms with Crippen molar-refractivity contribution in [2.75, 3.05) is 11.9 Å². The number of nitrogens with zero attached hydrogens (tertiary/aromatic N) is 2. The van der Waals surface area contributed by atoms with Crippen LogP contribution in [0.3, 0.4) is 0 Å². The summed E-state index contributed by atoms with van der Waals surface area (Å²) in [6.45, 7) is 4.47. The minimum atomic E-state index is 0.594. The molecule has 2 aromatic rings. The molecular formula is C15H15N3O. The standard InChI is InChI=1S/C15H15N3O/c1-3-19-15-7-5-13(10-17-15)18-14-6-4-11(2)8-12(14)9-16/h4-8,10,18H,3H2,1-2H3. The lowest BCUT2D eigenvalue weighted by Gasteiger charge is -2.09. The van der Waals surface area contributed by atoms with Crippen LogP contribution in [0.4, 0.5) is 11.4 Å². The number of anilines is 2. The summed E-state index contributed by atoms with van der Waals surface area (Å²) in [5.41, 5.74) is 3.28. The number of rotatable bonds is 4. The van der Waals surface area contributed by atoms with Crippen LogP contribution in [0.25, 0.3) is 0 Å². The van der Waals surface area contributed by atoms with E-state index in [0.717, 1.165) is 16.9 Å². The Labute approximate surface area is 112 Å². The minimum absolute atomic E-state index is 0.594. The molecule has 0 bridgehead atoms. The number of hydrogen-bond acceptors (Lipinski definition) is 4. The highest BCUT2D eigenvalue weighted by molar-refractivity contribution is 5.66. The fourth-order valence-corrected chi connectivity index (χ4v) is 1.70. The Balaban J connectivity index is 2.19. The zero-order chi connectivity index (χ0) is 13.7. The van der Waals surface area contributed by atoms with E-state index in [9.17, 15) is 0 Å². The molecule has 0 aliphatic carbocycles. The van der Waals surface area contributed by atoms with Gasteiger partial charge >= 0.3 is 0 Å². The first-order valence-corrected chi connectivity index (χ1v) is 6.09. The van der Waals surface area contributed by atoms with Crippen LogP contribution in [0.5, 0.6) is 5.88 Å². The summed E-state index contributed by atoms with van der Waals surface area (Å²) in [6, 6.07) is 11.6. The molecule has 2 rings (SSSR count). The Hall–Kier alpha value is -2.54. The van der Waals surface area contributed by atoms with Crippen molar-refractivity contribution in [3.63, 3.8) is 0 Å². The predicted molar refractivity (Wildman–Crippen MR) is 74.6 cm³/mol. The van der Waals surface area contributed by atoms with Gasteiger partial charge in [0.25, 0.3) is 0 Å². The lowest BCUT2D eigenvalue weighted by molar-refractivity contribution is 0.327. The van der Waals surface area contributed by atoms with Crippen molar-refractivity contribution in [3.05, 3.63) is 47.7 Å². The molecule has 1 aromatic carbocycles. The number of pyridine rings is 1. The largest absolute Gasteiger partial charge is 0.478 e. The molecule has 1 N–H and O–H groups in total. The first kappa shape index (κ1) is 12.9. The Kier molecular flexibility index (Phi) is 3.99. The van der Waals surface area contributed by atoms with Gasteiger partial charge in [-0.15, -0.1) is 0 Å². The molecule has 0 amide bonds. The topological polar surface area (TPSA) is 57.9 Å². The van der Waals surface area contributed by atoms with E-state index in [1.165, 1.54) is 0 Å². The van der Waals surface area contributed by atoms with Gasteiger partial charge in [0.15, 0.2) is 0 Å². The third kappa shape index (κ3) is 3.23. The van der Waals surface area contributed by atoms with Crippen molar-refractivity contribution in [3.8, 4) is 11.9 Å². The van der Waals surface area contributed by atoms with Gasteiger partial charge in [-0.25, -0.2) is 4.98 Å². The summed E-state index contributed by atoms with van der Waals surface area (Å²) >= 11 is 0. The number of nitrogens with one attached hydrogen (secondary N) is 1. The van der Waals surface area contributed by atoms with Crippen LogP contribution in [0.1, 0.15) is 18.1 Å². The van der Waals surface area contributed by atoms with E-state index in [0.29, 0.717) is 18.1 Å². The summed E-state index contributed by atoms with van der Waals surface area (Å²) in [6.07, 6.45) is 1.69. The summed E-state index contributed by atoms with van der Waals surface area (Å²) in [5.74, 6) is 0.595. The van der Waals surface area contributed by atoms with Gasteiger partial charge in [0, 0.05) is 6.07 Å². The molecule has 1 aromatic heterocycles. The molecule has 0 spiro atoms. The maximum absolute atomic E-state index is 9.11. The Morgan fingerprint density at radius 3 is 2.79 bits per heavy atom. The average molecular weight is 253 g/mol. The zero-order valence-corrected chi connectivity index (χ0v) is 11.0. The van der Waals surface area contributed by atoms with Crippen LogP contribution in [0, 0.1) is 18.3 Å². The van der Waals surface area contributed by atoms with Crippen LogP contribution in [-0.4, -0.2) is 11.6 Å². The van der Waals surface area contributed by atoms with Crippen LogP contribution in [0.15, 0.2) is 36.5 Å². The molecule has 4 heteroatoms. The number of hydrogen-bond donors (Lipinski definition) is 1. The highest BCUT2D eigenvalue weighted by Crippen LogP contribution is 2.22. The number of ether oxygens (including phenoxy) is 1. The fourth-order valence-electron chi connectivity index (χ4n) is 1.70. The molecule has 0 saturated carbocycles. The van der Waals surface area contributed by atoms with E-state index in [1.54, 1.807) is 12.3 Å². The smallest absolute Gasteiger partial charge is 0.213 e. The van der Waals surface area contributed by atoms with Crippen LogP contribution < -0.4 is 10.1 Å². The van der Waals surface area contributed by atoms with Gasteiger partial charge in [0.05, 0.1) is 29.7 Å². The van der Waals surface area contributed by atoms with Crippen molar-refractivity contribution >= 4 is 11.4 Å². The molecule has 0 unspecified atom stereocenters. The molecule has 0 saturated heterocycles. The molecule has 96 valence electrons. The van der Waals surface area contributed by atoms with Gasteiger partial charge in [-0.05, 0) is 37.6 Å². The maximum Gasteiger partial charge on any atom is 0.213 e. The zero-order valence-electron chi connectivity index (χ0n) is 11.0. The highest BCUT2D eigenvalue weighted by Gasteiger charge is 2.03. The van der Waals surface area contributed by atoms with Gasteiger partial charge < -0.3 is 10.1 Å². The summed E-state index contributed by atoms with van der Waals surface area (Å²) in [4.78, 5) is 4.17. The average Bonchev–Trinajstić information content (AvgIpc) is 2.43. The van der Waals surface area contributed by atoms with Crippen LogP contribution in [0.2, 0.25) is 0 Å². The quantitative estimate of drug-likeness (QED) is 0.907.